The van der Waals surface area contributed by atoms with Gasteiger partial charge in [-0.1, -0.05) is 0 Å². The Bertz CT molecular complexity index is 967. The smallest absolute Gasteiger partial charge is 0.331 e. The van der Waals surface area contributed by atoms with Gasteiger partial charge in [-0.3, -0.25) is 18.3 Å². The molecule has 0 aromatic carbocycles. The number of rotatable bonds is 16. The second kappa shape index (κ2) is 13.0. The third-order valence-electron chi connectivity index (χ3n) is 6.50. The lowest BCUT2D eigenvalue weighted by atomic mass is 9.99. The van der Waals surface area contributed by atoms with Crippen LogP contribution in [-0.4, -0.2) is 51.5 Å². The van der Waals surface area contributed by atoms with E-state index >= 15 is 0 Å². The molecular formula is C25H44N4O4S2. The molecule has 0 aliphatic rings. The molecule has 0 atom stereocenters. The average Bonchev–Trinajstić information content (AvgIpc) is 3.25. The van der Waals surface area contributed by atoms with Gasteiger partial charge < -0.3 is 10.2 Å². The fraction of sp³-hybridized carbons (Fsp3) is 0.760. The predicted octanol–water partition coefficient (Wildman–Crippen LogP) is 4.65. The van der Waals surface area contributed by atoms with E-state index in [0.29, 0.717) is 13.1 Å². The van der Waals surface area contributed by atoms with Crippen LogP contribution in [0.4, 0.5) is 0 Å². The zero-order valence-corrected chi connectivity index (χ0v) is 23.9. The van der Waals surface area contributed by atoms with Crippen molar-refractivity contribution in [3.63, 3.8) is 0 Å². The second-order valence-electron chi connectivity index (χ2n) is 10.2. The van der Waals surface area contributed by atoms with Gasteiger partial charge in [-0.05, 0) is 96.7 Å². The predicted molar refractivity (Wildman–Crippen MR) is 148 cm³/mol. The Morgan fingerprint density at radius 1 is 0.686 bits per heavy atom. The molecule has 2 N–H and O–H groups in total. The topological polar surface area (TPSA) is 94.3 Å². The van der Waals surface area contributed by atoms with E-state index in [1.165, 1.54) is 30.7 Å². The van der Waals surface area contributed by atoms with Crippen LogP contribution in [0.15, 0.2) is 22.0 Å². The lowest BCUT2D eigenvalue weighted by Gasteiger charge is -2.26. The minimum atomic E-state index is -0.410. The third-order valence-corrected chi connectivity index (χ3v) is 8.81. The minimum absolute atomic E-state index is 0.0399. The molecule has 2 aromatic rings. The molecule has 0 saturated carbocycles. The molecular weight excluding hydrogens is 484 g/mol. The van der Waals surface area contributed by atoms with Gasteiger partial charge in [-0.15, -0.1) is 0 Å². The van der Waals surface area contributed by atoms with Crippen molar-refractivity contribution in [2.24, 2.45) is 0 Å². The molecule has 0 fully saturated rings. The van der Waals surface area contributed by atoms with Crippen molar-refractivity contribution in [1.82, 2.24) is 18.3 Å². The molecule has 0 unspecified atom stereocenters. The first kappa shape index (κ1) is 29.5. The molecule has 0 aliphatic heterocycles. The maximum atomic E-state index is 12.5. The Kier molecular flexibility index (Phi) is 11.0. The van der Waals surface area contributed by atoms with E-state index in [1.807, 2.05) is 65.1 Å². The van der Waals surface area contributed by atoms with Gasteiger partial charge in [0.15, 0.2) is 0 Å². The molecule has 0 spiro atoms. The van der Waals surface area contributed by atoms with Gasteiger partial charge in [0.2, 0.25) is 11.8 Å². The zero-order chi connectivity index (χ0) is 26.2. The quantitative estimate of drug-likeness (QED) is 0.308. The van der Waals surface area contributed by atoms with Crippen LogP contribution in [0.5, 0.6) is 11.8 Å². The van der Waals surface area contributed by atoms with E-state index in [4.69, 9.17) is 0 Å². The van der Waals surface area contributed by atoms with Crippen LogP contribution in [0.1, 0.15) is 73.6 Å². The molecule has 8 nitrogen and oxygen atoms in total. The standard InChI is InChI=1S/C25H44N4O4S2/c1-7-26-18-20(30)28(22(26)32)24(3,4)12-9-14-34-16-11-17-35-15-10-13-25(5,6)29-21(31)19-27(8-2)23(29)33/h18-19,30-31H,7-17H2,1-6H3. The Morgan fingerprint density at radius 2 is 1.03 bits per heavy atom. The SMILES string of the molecule is CCn1cc(O)n(C(C)(C)CCCSCCCSCCCC(C)(C)n2c(O)cn(CC)c2=O)c1=O. The molecule has 2 aromatic heterocycles. The summed E-state index contributed by atoms with van der Waals surface area (Å²) in [6, 6.07) is 0. The first-order valence-electron chi connectivity index (χ1n) is 12.6. The zero-order valence-electron chi connectivity index (χ0n) is 22.2. The number of nitrogens with zero attached hydrogens (tertiary/aromatic N) is 4. The Morgan fingerprint density at radius 3 is 1.34 bits per heavy atom. The van der Waals surface area contributed by atoms with Crippen molar-refractivity contribution in [2.45, 2.75) is 97.8 Å². The van der Waals surface area contributed by atoms with Crippen molar-refractivity contribution in [3.05, 3.63) is 33.4 Å². The van der Waals surface area contributed by atoms with Crippen molar-refractivity contribution < 1.29 is 10.2 Å². The Balaban J connectivity index is 1.59. The molecule has 2 heterocycles. The molecule has 2 rings (SSSR count). The summed E-state index contributed by atoms with van der Waals surface area (Å²) in [6.07, 6.45) is 7.86. The summed E-state index contributed by atoms with van der Waals surface area (Å²) in [6.45, 7) is 12.9. The van der Waals surface area contributed by atoms with E-state index in [9.17, 15) is 19.8 Å². The second-order valence-corrected chi connectivity index (χ2v) is 12.6. The third kappa shape index (κ3) is 7.65. The highest BCUT2D eigenvalue weighted by molar-refractivity contribution is 8.00. The van der Waals surface area contributed by atoms with Gasteiger partial charge in [0.1, 0.15) is 0 Å². The summed E-state index contributed by atoms with van der Waals surface area (Å²) in [5, 5.41) is 20.4. The number of aryl methyl sites for hydroxylation is 2. The molecule has 35 heavy (non-hydrogen) atoms. The highest BCUT2D eigenvalue weighted by Crippen LogP contribution is 2.27. The van der Waals surface area contributed by atoms with Gasteiger partial charge in [-0.2, -0.15) is 23.5 Å². The summed E-state index contributed by atoms with van der Waals surface area (Å²) in [5.41, 5.74) is -1.11. The van der Waals surface area contributed by atoms with Crippen molar-refractivity contribution in [1.29, 1.82) is 0 Å². The van der Waals surface area contributed by atoms with Crippen LogP contribution < -0.4 is 11.4 Å². The highest BCUT2D eigenvalue weighted by atomic mass is 32.2. The number of thioether (sulfide) groups is 2. The van der Waals surface area contributed by atoms with Gasteiger partial charge >= 0.3 is 11.4 Å². The number of aromatic hydroxyl groups is 2. The van der Waals surface area contributed by atoms with Crippen LogP contribution in [-0.2, 0) is 24.2 Å². The van der Waals surface area contributed by atoms with Gasteiger partial charge in [-0.25, -0.2) is 9.59 Å². The van der Waals surface area contributed by atoms with Crippen molar-refractivity contribution in [3.8, 4) is 11.8 Å². The molecule has 0 amide bonds. The van der Waals surface area contributed by atoms with E-state index in [-0.39, 0.29) is 23.1 Å². The van der Waals surface area contributed by atoms with Crippen LogP contribution in [0.3, 0.4) is 0 Å². The summed E-state index contributed by atoms with van der Waals surface area (Å²) < 4.78 is 6.10. The molecule has 0 radical (unpaired) electrons. The fourth-order valence-corrected chi connectivity index (χ4v) is 6.44. The van der Waals surface area contributed by atoms with E-state index < -0.39 is 11.1 Å². The van der Waals surface area contributed by atoms with Gasteiger partial charge in [0, 0.05) is 24.2 Å². The molecule has 200 valence electrons. The number of imidazole rings is 2. The Labute approximate surface area is 217 Å². The van der Waals surface area contributed by atoms with Gasteiger partial charge in [0.05, 0.1) is 12.4 Å². The highest BCUT2D eigenvalue weighted by Gasteiger charge is 2.27. The molecule has 10 heteroatoms. The summed E-state index contributed by atoms with van der Waals surface area (Å²) in [7, 11) is 0. The van der Waals surface area contributed by atoms with Crippen molar-refractivity contribution >= 4 is 23.5 Å². The van der Waals surface area contributed by atoms with Crippen LogP contribution >= 0.6 is 23.5 Å². The minimum Gasteiger partial charge on any atom is -0.493 e. The van der Waals surface area contributed by atoms with E-state index in [1.54, 1.807) is 0 Å². The number of hydrogen-bond acceptors (Lipinski definition) is 6. The largest absolute Gasteiger partial charge is 0.493 e. The lowest BCUT2D eigenvalue weighted by molar-refractivity contribution is 0.273. The molecule has 0 aliphatic carbocycles. The molecule has 0 saturated heterocycles. The molecule has 0 bridgehead atoms. The first-order chi connectivity index (χ1) is 16.5. The fourth-order valence-electron chi connectivity index (χ4n) is 4.45. The summed E-state index contributed by atoms with van der Waals surface area (Å²) in [5.74, 6) is 4.40. The maximum Gasteiger partial charge on any atom is 0.331 e. The van der Waals surface area contributed by atoms with E-state index in [0.717, 1.165) is 55.1 Å². The van der Waals surface area contributed by atoms with Crippen LogP contribution in [0.2, 0.25) is 0 Å². The maximum absolute atomic E-state index is 12.5. The summed E-state index contributed by atoms with van der Waals surface area (Å²) in [4.78, 5) is 24.9. The normalized spacial score (nSPS) is 12.5. The average molecular weight is 529 g/mol. The van der Waals surface area contributed by atoms with Crippen molar-refractivity contribution in [2.75, 3.05) is 23.0 Å². The monoisotopic (exact) mass is 528 g/mol. The van der Waals surface area contributed by atoms with Gasteiger partial charge in [0.25, 0.3) is 0 Å². The first-order valence-corrected chi connectivity index (χ1v) is 15.0. The lowest BCUT2D eigenvalue weighted by Crippen LogP contribution is -2.37. The number of aromatic nitrogens is 4. The van der Waals surface area contributed by atoms with E-state index in [2.05, 4.69) is 0 Å². The summed E-state index contributed by atoms with van der Waals surface area (Å²) >= 11 is 3.89. The van der Waals surface area contributed by atoms with Crippen LogP contribution in [0.25, 0.3) is 0 Å². The number of hydrogen-bond donors (Lipinski definition) is 2. The van der Waals surface area contributed by atoms with Crippen LogP contribution in [0, 0.1) is 0 Å². The Hall–Kier alpha value is -1.68.